The highest BCUT2D eigenvalue weighted by Crippen LogP contribution is 2.40. The number of halogens is 1. The van der Waals surface area contributed by atoms with Crippen LogP contribution >= 0.6 is 0 Å². The topological polar surface area (TPSA) is 99.2 Å². The second-order valence-electron chi connectivity index (χ2n) is 9.13. The highest BCUT2D eigenvalue weighted by molar-refractivity contribution is 5.95. The number of carbonyl (C=O) groups excluding carboxylic acids is 1. The van der Waals surface area contributed by atoms with Gasteiger partial charge in [-0.2, -0.15) is 5.26 Å². The number of likely N-dealkylation sites (tertiary alicyclic amines) is 1. The summed E-state index contributed by atoms with van der Waals surface area (Å²) in [6.45, 7) is 1.25. The lowest BCUT2D eigenvalue weighted by Gasteiger charge is -2.16. The largest absolute Gasteiger partial charge is 0.481 e. The highest BCUT2D eigenvalue weighted by Gasteiger charge is 2.30. The van der Waals surface area contributed by atoms with Crippen molar-refractivity contribution in [1.82, 2.24) is 14.5 Å². The van der Waals surface area contributed by atoms with E-state index in [1.165, 1.54) is 30.5 Å². The average molecular weight is 473 g/mol. The standard InChI is InChI=1S/C27H25FN4O3/c28-22-15-19(5-6-20(22)16-29)26-30-25(27(35)31-13-1-2-14-31)23(11-12-24(33)34)32(26)21-9-7-18(8-10-21)17-3-4-17/h5-10,15,17H,1-4,11-14H2,(H,33,34). The van der Waals surface area contributed by atoms with Crippen molar-refractivity contribution in [2.24, 2.45) is 0 Å². The fraction of sp³-hybridized carbons (Fsp3) is 0.333. The predicted molar refractivity (Wildman–Crippen MR) is 127 cm³/mol. The minimum Gasteiger partial charge on any atom is -0.481 e. The molecule has 0 spiro atoms. The number of carbonyl (C=O) groups is 2. The van der Waals surface area contributed by atoms with Gasteiger partial charge in [0.2, 0.25) is 0 Å². The quantitative estimate of drug-likeness (QED) is 0.538. The van der Waals surface area contributed by atoms with Crippen LogP contribution in [0.3, 0.4) is 0 Å². The molecule has 0 radical (unpaired) electrons. The fourth-order valence-electron chi connectivity index (χ4n) is 4.68. The molecule has 8 heteroatoms. The summed E-state index contributed by atoms with van der Waals surface area (Å²) in [4.78, 5) is 31.3. The van der Waals surface area contributed by atoms with Gasteiger partial charge in [-0.25, -0.2) is 9.37 Å². The van der Waals surface area contributed by atoms with Crippen molar-refractivity contribution in [1.29, 1.82) is 5.26 Å². The minimum absolute atomic E-state index is 0.0832. The van der Waals surface area contributed by atoms with Gasteiger partial charge in [0.25, 0.3) is 5.91 Å². The molecule has 1 saturated heterocycles. The van der Waals surface area contributed by atoms with Crippen molar-refractivity contribution in [3.05, 3.63) is 70.8 Å². The van der Waals surface area contributed by atoms with E-state index in [4.69, 9.17) is 5.26 Å². The molecule has 1 amide bonds. The van der Waals surface area contributed by atoms with Gasteiger partial charge in [-0.1, -0.05) is 12.1 Å². The van der Waals surface area contributed by atoms with E-state index in [2.05, 4.69) is 4.98 Å². The van der Waals surface area contributed by atoms with Crippen LogP contribution in [0.2, 0.25) is 0 Å². The lowest BCUT2D eigenvalue weighted by molar-refractivity contribution is -0.137. The Bertz CT molecular complexity index is 1330. The van der Waals surface area contributed by atoms with Gasteiger partial charge >= 0.3 is 5.97 Å². The van der Waals surface area contributed by atoms with E-state index in [1.807, 2.05) is 30.3 Å². The molecule has 1 saturated carbocycles. The Balaban J connectivity index is 1.69. The summed E-state index contributed by atoms with van der Waals surface area (Å²) in [6.07, 6.45) is 4.07. The fourth-order valence-corrected chi connectivity index (χ4v) is 4.68. The SMILES string of the molecule is N#Cc1ccc(-c2nc(C(=O)N3CCCC3)c(CCC(=O)O)n2-c2ccc(C3CC3)cc2)cc1F. The van der Waals surface area contributed by atoms with Gasteiger partial charge < -0.3 is 10.0 Å². The smallest absolute Gasteiger partial charge is 0.303 e. The molecule has 0 unspecified atom stereocenters. The number of rotatable bonds is 7. The first kappa shape index (κ1) is 22.8. The molecule has 5 rings (SSSR count). The molecule has 1 N–H and O–H groups in total. The Kier molecular flexibility index (Phi) is 6.08. The van der Waals surface area contributed by atoms with Crippen LogP contribution in [0.25, 0.3) is 17.1 Å². The third kappa shape index (κ3) is 4.54. The van der Waals surface area contributed by atoms with Crippen molar-refractivity contribution in [3.8, 4) is 23.1 Å². The number of nitrogens with zero attached hydrogens (tertiary/aromatic N) is 4. The van der Waals surface area contributed by atoms with Crippen molar-refractivity contribution in [2.45, 2.75) is 44.4 Å². The molecule has 1 aromatic heterocycles. The molecule has 0 atom stereocenters. The van der Waals surface area contributed by atoms with Crippen LogP contribution < -0.4 is 0 Å². The van der Waals surface area contributed by atoms with E-state index in [0.29, 0.717) is 36.1 Å². The maximum absolute atomic E-state index is 14.6. The summed E-state index contributed by atoms with van der Waals surface area (Å²) in [6, 6.07) is 14.0. The lowest BCUT2D eigenvalue weighted by Crippen LogP contribution is -2.29. The van der Waals surface area contributed by atoms with E-state index in [1.54, 1.807) is 15.5 Å². The van der Waals surface area contributed by atoms with Crippen LogP contribution in [-0.4, -0.2) is 44.5 Å². The van der Waals surface area contributed by atoms with Crippen LogP contribution in [0.15, 0.2) is 42.5 Å². The van der Waals surface area contributed by atoms with E-state index < -0.39 is 11.8 Å². The molecule has 3 aromatic rings. The second kappa shape index (κ2) is 9.34. The number of benzene rings is 2. The van der Waals surface area contributed by atoms with Crippen LogP contribution in [0, 0.1) is 17.1 Å². The predicted octanol–water partition coefficient (Wildman–Crippen LogP) is 4.68. The monoisotopic (exact) mass is 472 g/mol. The number of hydrogen-bond donors (Lipinski definition) is 1. The number of aliphatic carboxylic acids is 1. The number of imidazole rings is 1. The normalized spacial score (nSPS) is 15.3. The Hall–Kier alpha value is -3.99. The Morgan fingerprint density at radius 3 is 2.43 bits per heavy atom. The third-order valence-corrected chi connectivity index (χ3v) is 6.69. The van der Waals surface area contributed by atoms with Crippen molar-refractivity contribution in [2.75, 3.05) is 13.1 Å². The first-order chi connectivity index (χ1) is 17.0. The van der Waals surface area contributed by atoms with Gasteiger partial charge in [0, 0.05) is 30.8 Å². The highest BCUT2D eigenvalue weighted by atomic mass is 19.1. The first-order valence-electron chi connectivity index (χ1n) is 11.9. The van der Waals surface area contributed by atoms with E-state index in [-0.39, 0.29) is 30.0 Å². The zero-order chi connectivity index (χ0) is 24.5. The third-order valence-electron chi connectivity index (χ3n) is 6.69. The molecule has 2 heterocycles. The number of carboxylic acids is 1. The van der Waals surface area contributed by atoms with Gasteiger partial charge in [-0.3, -0.25) is 14.2 Å². The summed E-state index contributed by atoms with van der Waals surface area (Å²) < 4.78 is 16.3. The Labute approximate surface area is 202 Å². The van der Waals surface area contributed by atoms with Gasteiger partial charge in [0.1, 0.15) is 17.7 Å². The van der Waals surface area contributed by atoms with E-state index in [0.717, 1.165) is 18.5 Å². The number of amides is 1. The average Bonchev–Trinajstić information content (AvgIpc) is 3.42. The van der Waals surface area contributed by atoms with E-state index >= 15 is 0 Å². The summed E-state index contributed by atoms with van der Waals surface area (Å²) in [5.41, 5.74) is 2.97. The molecule has 2 fully saturated rings. The summed E-state index contributed by atoms with van der Waals surface area (Å²) >= 11 is 0. The second-order valence-corrected chi connectivity index (χ2v) is 9.13. The van der Waals surface area contributed by atoms with Gasteiger partial charge in [0.05, 0.1) is 17.7 Å². The van der Waals surface area contributed by atoms with Crippen LogP contribution in [0.1, 0.15) is 65.3 Å². The molecule has 7 nitrogen and oxygen atoms in total. The molecule has 2 aromatic carbocycles. The van der Waals surface area contributed by atoms with Crippen LogP contribution in [-0.2, 0) is 11.2 Å². The molecule has 1 aliphatic carbocycles. The number of carboxylic acid groups (broad SMARTS) is 1. The van der Waals surface area contributed by atoms with Crippen LogP contribution in [0.5, 0.6) is 0 Å². The van der Waals surface area contributed by atoms with Gasteiger partial charge in [-0.15, -0.1) is 0 Å². The molecule has 1 aliphatic heterocycles. The van der Waals surface area contributed by atoms with Crippen molar-refractivity contribution in [3.63, 3.8) is 0 Å². The zero-order valence-electron chi connectivity index (χ0n) is 19.2. The number of aromatic nitrogens is 2. The molecular formula is C27H25FN4O3. The summed E-state index contributed by atoms with van der Waals surface area (Å²) in [5, 5.41) is 18.5. The van der Waals surface area contributed by atoms with Crippen LogP contribution in [0.4, 0.5) is 4.39 Å². The van der Waals surface area contributed by atoms with Crippen molar-refractivity contribution >= 4 is 11.9 Å². The Morgan fingerprint density at radius 2 is 1.83 bits per heavy atom. The molecular weight excluding hydrogens is 447 g/mol. The Morgan fingerprint density at radius 1 is 1.11 bits per heavy atom. The van der Waals surface area contributed by atoms with Gasteiger partial charge in [0.15, 0.2) is 5.69 Å². The maximum Gasteiger partial charge on any atom is 0.303 e. The van der Waals surface area contributed by atoms with Gasteiger partial charge in [-0.05, 0) is 67.5 Å². The molecule has 178 valence electrons. The number of hydrogen-bond acceptors (Lipinski definition) is 4. The lowest BCUT2D eigenvalue weighted by atomic mass is 10.1. The molecule has 35 heavy (non-hydrogen) atoms. The molecule has 0 bridgehead atoms. The summed E-state index contributed by atoms with van der Waals surface area (Å²) in [5.74, 6) is -0.990. The zero-order valence-corrected chi connectivity index (χ0v) is 19.2. The van der Waals surface area contributed by atoms with E-state index in [9.17, 15) is 19.1 Å². The maximum atomic E-state index is 14.6. The first-order valence-corrected chi connectivity index (χ1v) is 11.9. The van der Waals surface area contributed by atoms with Crippen molar-refractivity contribution < 1.29 is 19.1 Å². The molecule has 2 aliphatic rings. The number of nitriles is 1. The minimum atomic E-state index is -0.979. The summed E-state index contributed by atoms with van der Waals surface area (Å²) in [7, 11) is 0.